The fourth-order valence-electron chi connectivity index (χ4n) is 2.35. The number of nitrogens with zero attached hydrogens (tertiary/aromatic N) is 1. The highest BCUT2D eigenvalue weighted by molar-refractivity contribution is 5.80. The number of aliphatic carboxylic acids is 1. The van der Waals surface area contributed by atoms with E-state index in [4.69, 9.17) is 0 Å². The van der Waals surface area contributed by atoms with Crippen LogP contribution in [-0.2, 0) is 10.3 Å². The van der Waals surface area contributed by atoms with Gasteiger partial charge in [-0.15, -0.1) is 0 Å². The third kappa shape index (κ3) is 2.46. The minimum Gasteiger partial charge on any atom is -0.480 e. The van der Waals surface area contributed by atoms with Crippen LogP contribution in [0, 0.1) is 11.6 Å². The van der Waals surface area contributed by atoms with Crippen LogP contribution in [0.4, 0.5) is 8.78 Å². The van der Waals surface area contributed by atoms with Crippen LogP contribution in [0.25, 0.3) is 0 Å². The lowest BCUT2D eigenvalue weighted by molar-refractivity contribution is -0.151. The van der Waals surface area contributed by atoms with E-state index in [9.17, 15) is 18.7 Å². The summed E-state index contributed by atoms with van der Waals surface area (Å²) < 4.78 is 26.3. The average Bonchev–Trinajstić information content (AvgIpc) is 2.41. The molecule has 0 amide bonds. The van der Waals surface area contributed by atoms with Gasteiger partial charge in [0.05, 0.1) is 0 Å². The van der Waals surface area contributed by atoms with E-state index < -0.39 is 23.1 Å². The molecule has 4 nitrogen and oxygen atoms in total. The molecule has 1 fully saturated rings. The van der Waals surface area contributed by atoms with Crippen molar-refractivity contribution in [2.24, 2.45) is 0 Å². The molecule has 1 aliphatic heterocycles. The van der Waals surface area contributed by atoms with Crippen LogP contribution in [0.2, 0.25) is 0 Å². The molecule has 0 bridgehead atoms. The smallest absolute Gasteiger partial charge is 0.328 e. The highest BCUT2D eigenvalue weighted by atomic mass is 19.2. The number of benzene rings is 1. The maximum absolute atomic E-state index is 13.3. The second-order valence-corrected chi connectivity index (χ2v) is 4.74. The monoisotopic (exact) mass is 270 g/mol. The minimum atomic E-state index is -1.35. The number of hydrogen-bond donors (Lipinski definition) is 2. The zero-order chi connectivity index (χ0) is 14.0. The molecule has 1 aliphatic rings. The Morgan fingerprint density at radius 2 is 1.95 bits per heavy atom. The number of hydrogen-bond acceptors (Lipinski definition) is 3. The summed E-state index contributed by atoms with van der Waals surface area (Å²) in [4.78, 5) is 13.4. The van der Waals surface area contributed by atoms with Gasteiger partial charge in [0, 0.05) is 26.2 Å². The Bertz CT molecular complexity index is 490. The Labute approximate surface area is 110 Å². The lowest BCUT2D eigenvalue weighted by Crippen LogP contribution is -2.56. The average molecular weight is 270 g/mol. The highest BCUT2D eigenvalue weighted by Crippen LogP contribution is 2.30. The Morgan fingerprint density at radius 1 is 1.32 bits per heavy atom. The molecule has 1 aromatic carbocycles. The fraction of sp³-hybridized carbons (Fsp3) is 0.462. The summed E-state index contributed by atoms with van der Waals surface area (Å²) in [5, 5.41) is 12.6. The summed E-state index contributed by atoms with van der Waals surface area (Å²) in [6.45, 7) is 3.95. The zero-order valence-corrected chi connectivity index (χ0v) is 10.6. The van der Waals surface area contributed by atoms with E-state index >= 15 is 0 Å². The lowest BCUT2D eigenvalue weighted by atomic mass is 9.89. The van der Waals surface area contributed by atoms with Gasteiger partial charge in [-0.05, 0) is 24.6 Å². The van der Waals surface area contributed by atoms with Gasteiger partial charge >= 0.3 is 5.97 Å². The Morgan fingerprint density at radius 3 is 2.47 bits per heavy atom. The molecular weight excluding hydrogens is 254 g/mol. The van der Waals surface area contributed by atoms with Crippen molar-refractivity contribution in [1.29, 1.82) is 0 Å². The first-order chi connectivity index (χ1) is 8.96. The molecule has 0 aliphatic carbocycles. The first kappa shape index (κ1) is 13.9. The number of carboxylic acid groups (broad SMARTS) is 1. The van der Waals surface area contributed by atoms with E-state index in [-0.39, 0.29) is 5.56 Å². The summed E-state index contributed by atoms with van der Waals surface area (Å²) >= 11 is 0. The molecule has 6 heteroatoms. The third-order valence-corrected chi connectivity index (χ3v) is 3.65. The molecule has 2 rings (SSSR count). The molecular formula is C13H16F2N2O2. The highest BCUT2D eigenvalue weighted by Gasteiger charge is 2.42. The fourth-order valence-corrected chi connectivity index (χ4v) is 2.35. The van der Waals surface area contributed by atoms with Gasteiger partial charge in [-0.25, -0.2) is 13.6 Å². The van der Waals surface area contributed by atoms with Crippen molar-refractivity contribution >= 4 is 5.97 Å². The standard InChI is InChI=1S/C13H16F2N2O2/c1-13(12(18)19,17-6-4-16-5-7-17)9-2-3-10(14)11(15)8-9/h2-3,8,16H,4-7H2,1H3,(H,18,19). The second kappa shape index (κ2) is 5.22. The van der Waals surface area contributed by atoms with Crippen LogP contribution in [0.5, 0.6) is 0 Å². The van der Waals surface area contributed by atoms with E-state index in [1.165, 1.54) is 13.0 Å². The molecule has 1 aromatic rings. The zero-order valence-electron chi connectivity index (χ0n) is 10.6. The van der Waals surface area contributed by atoms with Crippen LogP contribution >= 0.6 is 0 Å². The van der Waals surface area contributed by atoms with Crippen LogP contribution in [-0.4, -0.2) is 42.2 Å². The van der Waals surface area contributed by atoms with E-state index in [1.54, 1.807) is 4.90 Å². The topological polar surface area (TPSA) is 52.6 Å². The van der Waals surface area contributed by atoms with Crippen LogP contribution < -0.4 is 5.32 Å². The van der Waals surface area contributed by atoms with E-state index in [0.29, 0.717) is 26.2 Å². The summed E-state index contributed by atoms with van der Waals surface area (Å²) in [5.41, 5.74) is -1.10. The predicted molar refractivity (Wildman–Crippen MR) is 65.8 cm³/mol. The predicted octanol–water partition coefficient (Wildman–Crippen LogP) is 1.17. The molecule has 0 radical (unpaired) electrons. The quantitative estimate of drug-likeness (QED) is 0.865. The number of carbonyl (C=O) groups is 1. The molecule has 0 aromatic heterocycles. The van der Waals surface area contributed by atoms with Crippen molar-refractivity contribution in [1.82, 2.24) is 10.2 Å². The van der Waals surface area contributed by atoms with Gasteiger partial charge in [-0.2, -0.15) is 0 Å². The van der Waals surface area contributed by atoms with Crippen molar-refractivity contribution in [3.05, 3.63) is 35.4 Å². The number of carboxylic acids is 1. The number of piperazine rings is 1. The Balaban J connectivity index is 2.42. The van der Waals surface area contributed by atoms with Crippen molar-refractivity contribution in [3.8, 4) is 0 Å². The molecule has 1 heterocycles. The molecule has 19 heavy (non-hydrogen) atoms. The molecule has 2 N–H and O–H groups in total. The Hall–Kier alpha value is -1.53. The summed E-state index contributed by atoms with van der Waals surface area (Å²) in [6.07, 6.45) is 0. The number of rotatable bonds is 3. The van der Waals surface area contributed by atoms with E-state index in [0.717, 1.165) is 12.1 Å². The molecule has 1 saturated heterocycles. The maximum Gasteiger partial charge on any atom is 0.328 e. The van der Waals surface area contributed by atoms with Gasteiger partial charge in [0.25, 0.3) is 0 Å². The first-order valence-electron chi connectivity index (χ1n) is 6.11. The largest absolute Gasteiger partial charge is 0.480 e. The van der Waals surface area contributed by atoms with Gasteiger partial charge in [0.2, 0.25) is 0 Å². The van der Waals surface area contributed by atoms with Crippen molar-refractivity contribution < 1.29 is 18.7 Å². The van der Waals surface area contributed by atoms with Gasteiger partial charge < -0.3 is 10.4 Å². The Kier molecular flexibility index (Phi) is 3.82. The number of halogens is 2. The summed E-state index contributed by atoms with van der Waals surface area (Å²) in [5.74, 6) is -3.07. The molecule has 0 saturated carbocycles. The summed E-state index contributed by atoms with van der Waals surface area (Å²) in [7, 11) is 0. The van der Waals surface area contributed by atoms with Crippen molar-refractivity contribution in [3.63, 3.8) is 0 Å². The minimum absolute atomic E-state index is 0.251. The van der Waals surface area contributed by atoms with E-state index in [2.05, 4.69) is 5.32 Å². The first-order valence-corrected chi connectivity index (χ1v) is 6.11. The van der Waals surface area contributed by atoms with Crippen molar-refractivity contribution in [2.45, 2.75) is 12.5 Å². The van der Waals surface area contributed by atoms with Gasteiger partial charge in [-0.1, -0.05) is 6.07 Å². The maximum atomic E-state index is 13.3. The normalized spacial score (nSPS) is 19.9. The van der Waals surface area contributed by atoms with Gasteiger partial charge in [-0.3, -0.25) is 4.90 Å². The molecule has 0 spiro atoms. The SMILES string of the molecule is CC(C(=O)O)(c1ccc(F)c(F)c1)N1CCNCC1. The van der Waals surface area contributed by atoms with Crippen LogP contribution in [0.1, 0.15) is 12.5 Å². The second-order valence-electron chi connectivity index (χ2n) is 4.74. The van der Waals surface area contributed by atoms with Crippen molar-refractivity contribution in [2.75, 3.05) is 26.2 Å². The summed E-state index contributed by atoms with van der Waals surface area (Å²) in [6, 6.07) is 3.26. The molecule has 1 unspecified atom stereocenters. The number of nitrogens with one attached hydrogen (secondary N) is 1. The molecule has 104 valence electrons. The lowest BCUT2D eigenvalue weighted by Gasteiger charge is -2.40. The van der Waals surface area contributed by atoms with Gasteiger partial charge in [0.1, 0.15) is 5.54 Å². The van der Waals surface area contributed by atoms with E-state index in [1.807, 2.05) is 0 Å². The van der Waals surface area contributed by atoms with Gasteiger partial charge in [0.15, 0.2) is 11.6 Å². The molecule has 1 atom stereocenters. The van der Waals surface area contributed by atoms with Crippen LogP contribution in [0.3, 0.4) is 0 Å². The third-order valence-electron chi connectivity index (χ3n) is 3.65. The van der Waals surface area contributed by atoms with Crippen LogP contribution in [0.15, 0.2) is 18.2 Å².